The normalized spacial score (nSPS) is 15.4. The molecule has 2 aromatic carbocycles. The van der Waals surface area contributed by atoms with Crippen LogP contribution in [0.4, 0.5) is 11.4 Å². The van der Waals surface area contributed by atoms with Gasteiger partial charge in [0.05, 0.1) is 0 Å². The fourth-order valence-corrected chi connectivity index (χ4v) is 3.69. The van der Waals surface area contributed by atoms with Crippen molar-refractivity contribution in [1.82, 2.24) is 9.80 Å². The third-order valence-corrected chi connectivity index (χ3v) is 5.48. The number of nitrogens with zero attached hydrogens (tertiary/aromatic N) is 4. The molecule has 4 rings (SSSR count). The van der Waals surface area contributed by atoms with Crippen LogP contribution in [-0.2, 0) is 10.4 Å². The molecule has 0 unspecified atom stereocenters. The third-order valence-electron chi connectivity index (χ3n) is 5.48. The highest BCUT2D eigenvalue weighted by molar-refractivity contribution is 7.79. The third kappa shape index (κ3) is 11.2. The number of hydrogen-bond acceptors (Lipinski definition) is 6. The van der Waals surface area contributed by atoms with E-state index < -0.39 is 10.4 Å². The highest BCUT2D eigenvalue weighted by Crippen LogP contribution is 2.16. The number of piperazine rings is 2. The summed E-state index contributed by atoms with van der Waals surface area (Å²) in [6, 6.07) is 20.7. The van der Waals surface area contributed by atoms with Crippen LogP contribution < -0.4 is 21.3 Å². The molecule has 13 nitrogen and oxygen atoms in total. The first kappa shape index (κ1) is 30.4. The first-order valence-corrected chi connectivity index (χ1v) is 12.4. The molecule has 14 heteroatoms. The van der Waals surface area contributed by atoms with E-state index in [4.69, 9.17) is 39.8 Å². The van der Waals surface area contributed by atoms with Crippen LogP contribution in [0, 0.1) is 10.8 Å². The average molecular weight is 525 g/mol. The van der Waals surface area contributed by atoms with Crippen LogP contribution in [0.2, 0.25) is 0 Å². The maximum Gasteiger partial charge on any atom is 0.394 e. The molecule has 0 bridgehead atoms. The van der Waals surface area contributed by atoms with Crippen molar-refractivity contribution in [1.29, 1.82) is 10.8 Å². The Kier molecular flexibility index (Phi) is 12.5. The number of guanidine groups is 2. The molecule has 0 aliphatic carbocycles. The molecule has 0 aromatic heterocycles. The summed E-state index contributed by atoms with van der Waals surface area (Å²) in [6.45, 7) is 7.09. The van der Waals surface area contributed by atoms with Gasteiger partial charge in [-0.05, 0) is 24.3 Å². The molecular weight excluding hydrogens is 488 g/mol. The lowest BCUT2D eigenvalue weighted by molar-refractivity contribution is 0.380. The summed E-state index contributed by atoms with van der Waals surface area (Å²) < 4.78 is 31.6. The first-order valence-electron chi connectivity index (χ1n) is 11.0. The smallest absolute Gasteiger partial charge is 0.394 e. The first-order chi connectivity index (χ1) is 16.5. The molecule has 36 heavy (non-hydrogen) atoms. The summed E-state index contributed by atoms with van der Waals surface area (Å²) in [5.74, 6) is 0.366. The van der Waals surface area contributed by atoms with E-state index in [2.05, 4.69) is 34.1 Å². The largest absolute Gasteiger partial charge is 0.412 e. The lowest BCUT2D eigenvalue weighted by Crippen LogP contribution is -2.50. The van der Waals surface area contributed by atoms with E-state index in [0.29, 0.717) is 0 Å². The predicted molar refractivity (Wildman–Crippen MR) is 142 cm³/mol. The van der Waals surface area contributed by atoms with Crippen molar-refractivity contribution < 1.29 is 23.0 Å². The zero-order valence-electron chi connectivity index (χ0n) is 20.0. The fraction of sp³-hybridized carbons (Fsp3) is 0.364. The van der Waals surface area contributed by atoms with Gasteiger partial charge in [-0.25, -0.2) is 0 Å². The van der Waals surface area contributed by atoms with Crippen LogP contribution in [0.1, 0.15) is 0 Å². The van der Waals surface area contributed by atoms with Gasteiger partial charge in [-0.15, -0.1) is 0 Å². The highest BCUT2D eigenvalue weighted by Gasteiger charge is 2.18. The van der Waals surface area contributed by atoms with Gasteiger partial charge in [0.1, 0.15) is 0 Å². The van der Waals surface area contributed by atoms with Crippen molar-refractivity contribution in [3.63, 3.8) is 0 Å². The van der Waals surface area contributed by atoms with Gasteiger partial charge >= 0.3 is 10.4 Å². The topological polar surface area (TPSA) is 219 Å². The Labute approximate surface area is 211 Å². The van der Waals surface area contributed by atoms with Gasteiger partial charge in [0.2, 0.25) is 0 Å². The molecule has 2 fully saturated rings. The molecule has 0 amide bonds. The molecule has 2 saturated heterocycles. The van der Waals surface area contributed by atoms with Crippen LogP contribution >= 0.6 is 0 Å². The van der Waals surface area contributed by atoms with E-state index in [1.807, 2.05) is 46.2 Å². The Bertz CT molecular complexity index is 949. The second kappa shape index (κ2) is 14.7. The maximum atomic E-state index is 8.74. The molecule has 10 N–H and O–H groups in total. The number of rotatable bonds is 2. The van der Waals surface area contributed by atoms with Crippen LogP contribution in [-0.4, -0.2) is 97.1 Å². The van der Waals surface area contributed by atoms with Crippen molar-refractivity contribution in [2.75, 3.05) is 62.2 Å². The Morgan fingerprint density at radius 2 is 0.889 bits per heavy atom. The minimum Gasteiger partial charge on any atom is -0.412 e. The van der Waals surface area contributed by atoms with E-state index in [0.717, 1.165) is 52.4 Å². The van der Waals surface area contributed by atoms with E-state index in [1.54, 1.807) is 0 Å². The van der Waals surface area contributed by atoms with Crippen molar-refractivity contribution >= 4 is 33.7 Å². The average Bonchev–Trinajstić information content (AvgIpc) is 2.85. The van der Waals surface area contributed by atoms with Gasteiger partial charge in [0.25, 0.3) is 0 Å². The molecule has 2 heterocycles. The number of benzene rings is 2. The number of nitrogens with two attached hydrogens (primary N) is 2. The molecule has 0 radical (unpaired) electrons. The Balaban J connectivity index is 0.000000298. The van der Waals surface area contributed by atoms with E-state index in [-0.39, 0.29) is 17.4 Å². The highest BCUT2D eigenvalue weighted by atomic mass is 32.3. The lowest BCUT2D eigenvalue weighted by Gasteiger charge is -2.36. The van der Waals surface area contributed by atoms with Gasteiger partial charge in [-0.1, -0.05) is 36.4 Å². The molecule has 0 saturated carbocycles. The Hall–Kier alpha value is -3.59. The number of hydrogen-bond donors (Lipinski definition) is 6. The van der Waals surface area contributed by atoms with Crippen LogP contribution in [0.15, 0.2) is 60.7 Å². The summed E-state index contributed by atoms with van der Waals surface area (Å²) in [7, 11) is -4.67. The van der Waals surface area contributed by atoms with Gasteiger partial charge in [-0.3, -0.25) is 19.9 Å². The zero-order valence-corrected chi connectivity index (χ0v) is 20.8. The van der Waals surface area contributed by atoms with Gasteiger partial charge in [-0.2, -0.15) is 8.42 Å². The summed E-state index contributed by atoms with van der Waals surface area (Å²) in [5, 5.41) is 14.7. The zero-order chi connectivity index (χ0) is 25.8. The summed E-state index contributed by atoms with van der Waals surface area (Å²) in [4.78, 5) is 8.44. The lowest BCUT2D eigenvalue weighted by atomic mass is 10.2. The second-order valence-corrected chi connectivity index (χ2v) is 8.73. The molecular formula is C22H36N8O5S. The van der Waals surface area contributed by atoms with Crippen LogP contribution in [0.5, 0.6) is 0 Å². The SMILES string of the molecule is N=C(N)N1CCN(c2ccccc2)CC1.N=C(N)N1CCN(c2ccccc2)CC1.O.O=S(=O)(O)O. The van der Waals surface area contributed by atoms with Crippen molar-refractivity contribution in [2.45, 2.75) is 0 Å². The standard InChI is InChI=1S/2C11H16N4.H2O4S.H2O/c2*12-11(13)15-8-6-14(7-9-15)10-4-2-1-3-5-10;1-5(2,3)4;/h2*1-5H,6-9H2,(H3,12,13);(H2,1,2,3,4);1H2. The minimum absolute atomic E-state index is 0. The number of nitrogens with one attached hydrogen (secondary N) is 2. The second-order valence-electron chi connectivity index (χ2n) is 7.84. The molecule has 200 valence electrons. The quantitative estimate of drug-likeness (QED) is 0.174. The van der Waals surface area contributed by atoms with Gasteiger partial charge < -0.3 is 36.5 Å². The van der Waals surface area contributed by atoms with Crippen LogP contribution in [0.25, 0.3) is 0 Å². The van der Waals surface area contributed by atoms with Crippen molar-refractivity contribution in [2.24, 2.45) is 11.5 Å². The Morgan fingerprint density at radius 1 is 0.639 bits per heavy atom. The molecule has 0 spiro atoms. The van der Waals surface area contributed by atoms with Gasteiger partial charge in [0, 0.05) is 63.7 Å². The number of para-hydroxylation sites is 2. The van der Waals surface area contributed by atoms with Crippen molar-refractivity contribution in [3.05, 3.63) is 60.7 Å². The van der Waals surface area contributed by atoms with Crippen molar-refractivity contribution in [3.8, 4) is 0 Å². The molecule has 2 aliphatic rings. The summed E-state index contributed by atoms with van der Waals surface area (Å²) in [6.07, 6.45) is 0. The summed E-state index contributed by atoms with van der Waals surface area (Å²) in [5.41, 5.74) is 13.4. The maximum absolute atomic E-state index is 8.74. The summed E-state index contributed by atoms with van der Waals surface area (Å²) >= 11 is 0. The van der Waals surface area contributed by atoms with E-state index >= 15 is 0 Å². The molecule has 0 atom stereocenters. The molecule has 2 aliphatic heterocycles. The van der Waals surface area contributed by atoms with Gasteiger partial charge in [0.15, 0.2) is 11.9 Å². The number of anilines is 2. The van der Waals surface area contributed by atoms with E-state index in [9.17, 15) is 0 Å². The minimum atomic E-state index is -4.67. The van der Waals surface area contributed by atoms with E-state index in [1.165, 1.54) is 11.4 Å². The fourth-order valence-electron chi connectivity index (χ4n) is 3.69. The Morgan fingerprint density at radius 3 is 1.11 bits per heavy atom. The van der Waals surface area contributed by atoms with Crippen LogP contribution in [0.3, 0.4) is 0 Å². The molecule has 2 aromatic rings. The predicted octanol–water partition coefficient (Wildman–Crippen LogP) is -0.0734. The monoisotopic (exact) mass is 524 g/mol.